The molecule has 2 rings (SSSR count). The molecule has 23 heavy (non-hydrogen) atoms. The third-order valence-electron chi connectivity index (χ3n) is 3.45. The van der Waals surface area contributed by atoms with Crippen LogP contribution in [0.25, 0.3) is 0 Å². The molecule has 1 aliphatic heterocycles. The second-order valence-electron chi connectivity index (χ2n) is 5.62. The van der Waals surface area contributed by atoms with E-state index in [1.807, 2.05) is 18.7 Å². The monoisotopic (exact) mass is 351 g/mol. The van der Waals surface area contributed by atoms with E-state index in [-0.39, 0.29) is 10.4 Å². The van der Waals surface area contributed by atoms with Crippen LogP contribution >= 0.6 is 24.0 Å². The minimum absolute atomic E-state index is 0.00851. The summed E-state index contributed by atoms with van der Waals surface area (Å²) in [6, 6.07) is 5.85. The molecular weight excluding hydrogens is 334 g/mol. The summed E-state index contributed by atoms with van der Waals surface area (Å²) in [4.78, 5) is 12.0. The Morgan fingerprint density at radius 2 is 2.00 bits per heavy atom. The van der Waals surface area contributed by atoms with Crippen LogP contribution in [0, 0.1) is 15.3 Å². The van der Waals surface area contributed by atoms with Gasteiger partial charge < -0.3 is 5.21 Å². The van der Waals surface area contributed by atoms with E-state index in [9.17, 15) is 15.3 Å². The zero-order valence-corrected chi connectivity index (χ0v) is 14.5. The average Bonchev–Trinajstić information content (AvgIpc) is 2.69. The molecule has 1 atom stereocenters. The van der Waals surface area contributed by atoms with Crippen molar-refractivity contribution >= 4 is 40.2 Å². The Morgan fingerprint density at radius 3 is 2.52 bits per heavy atom. The van der Waals surface area contributed by atoms with E-state index >= 15 is 0 Å². The lowest BCUT2D eigenvalue weighted by Gasteiger charge is -2.29. The highest BCUT2D eigenvalue weighted by molar-refractivity contribution is 8.24. The van der Waals surface area contributed by atoms with Crippen LogP contribution in [-0.2, 0) is 0 Å². The van der Waals surface area contributed by atoms with Crippen molar-refractivity contribution in [3.63, 3.8) is 0 Å². The van der Waals surface area contributed by atoms with Crippen molar-refractivity contribution < 1.29 is 9.66 Å². The molecule has 1 aliphatic rings. The molecular formula is C15H17N3O3S2. The van der Waals surface area contributed by atoms with E-state index in [2.05, 4.69) is 6.58 Å². The molecule has 0 aliphatic carbocycles. The lowest BCUT2D eigenvalue weighted by Crippen LogP contribution is -2.47. The fourth-order valence-corrected chi connectivity index (χ4v) is 4.37. The Bertz CT molecular complexity index is 671. The van der Waals surface area contributed by atoms with Crippen molar-refractivity contribution in [1.82, 2.24) is 4.90 Å². The molecule has 1 fully saturated rings. The molecule has 6 nitrogen and oxygen atoms in total. The zero-order valence-electron chi connectivity index (χ0n) is 12.8. The molecule has 1 aromatic rings. The molecule has 122 valence electrons. The van der Waals surface area contributed by atoms with Crippen LogP contribution < -0.4 is 0 Å². The van der Waals surface area contributed by atoms with Gasteiger partial charge in [0.25, 0.3) is 11.9 Å². The van der Waals surface area contributed by atoms with E-state index in [0.29, 0.717) is 16.4 Å². The second kappa shape index (κ2) is 6.67. The van der Waals surface area contributed by atoms with Gasteiger partial charge in [-0.05, 0) is 26.0 Å². The van der Waals surface area contributed by atoms with Gasteiger partial charge in [-0.25, -0.2) is 0 Å². The van der Waals surface area contributed by atoms with Crippen LogP contribution in [0.5, 0.6) is 0 Å². The minimum Gasteiger partial charge on any atom is -0.622 e. The molecule has 8 heteroatoms. The third kappa shape index (κ3) is 3.70. The number of thioether (sulfide) groups is 1. The predicted molar refractivity (Wildman–Crippen MR) is 96.8 cm³/mol. The van der Waals surface area contributed by atoms with Crippen LogP contribution in [0.1, 0.15) is 19.4 Å². The molecule has 1 saturated heterocycles. The van der Waals surface area contributed by atoms with Gasteiger partial charge in [0.2, 0.25) is 0 Å². The smallest absolute Gasteiger partial charge is 0.269 e. The number of non-ortho nitro benzene ring substituents is 1. The Kier molecular flexibility index (Phi) is 5.06. The van der Waals surface area contributed by atoms with E-state index in [1.165, 1.54) is 30.1 Å². The minimum atomic E-state index is -0.473. The van der Waals surface area contributed by atoms with Gasteiger partial charge in [0, 0.05) is 24.2 Å². The number of thiocarbonyl (C=S) groups is 1. The fourth-order valence-electron chi connectivity index (χ4n) is 2.47. The Hall–Kier alpha value is -1.93. The highest BCUT2D eigenvalue weighted by atomic mass is 32.2. The van der Waals surface area contributed by atoms with Crippen molar-refractivity contribution in [2.45, 2.75) is 24.8 Å². The highest BCUT2D eigenvalue weighted by Crippen LogP contribution is 2.41. The summed E-state index contributed by atoms with van der Waals surface area (Å²) in [6.07, 6.45) is 2.68. The summed E-state index contributed by atoms with van der Waals surface area (Å²) < 4.78 is 1.15. The van der Waals surface area contributed by atoms with Gasteiger partial charge in [-0.2, -0.15) is 4.74 Å². The van der Waals surface area contributed by atoms with Crippen LogP contribution in [0.2, 0.25) is 0 Å². The van der Waals surface area contributed by atoms with Gasteiger partial charge in [-0.15, -0.1) is 6.58 Å². The number of rotatable bonds is 5. The van der Waals surface area contributed by atoms with Crippen LogP contribution in [0.15, 0.2) is 36.9 Å². The summed E-state index contributed by atoms with van der Waals surface area (Å²) in [7, 11) is 0. The molecule has 0 amide bonds. The lowest BCUT2D eigenvalue weighted by atomic mass is 10.1. The van der Waals surface area contributed by atoms with E-state index in [1.54, 1.807) is 18.2 Å². The first-order chi connectivity index (χ1) is 10.8. The van der Waals surface area contributed by atoms with E-state index in [4.69, 9.17) is 12.2 Å². The maximum Gasteiger partial charge on any atom is 0.269 e. The second-order valence-corrected chi connectivity index (χ2v) is 7.91. The number of benzene rings is 1. The Balaban J connectivity index is 2.32. The SMILES string of the molecule is C=CCN1C(=S)SC(C)(C)[C@H]1/[N+]([O-])=C/c1ccc([N+](=O)[O-])cc1. The van der Waals surface area contributed by atoms with Gasteiger partial charge in [0.05, 0.1) is 4.92 Å². The number of nitrogens with zero attached hydrogens (tertiary/aromatic N) is 3. The number of hydrogen-bond acceptors (Lipinski definition) is 5. The van der Waals surface area contributed by atoms with Crippen molar-refractivity contribution in [3.8, 4) is 0 Å². The molecule has 0 saturated carbocycles. The number of nitro benzene ring substituents is 1. The topological polar surface area (TPSA) is 72.5 Å². The molecule has 0 N–H and O–H groups in total. The lowest BCUT2D eigenvalue weighted by molar-refractivity contribution is -0.523. The number of nitro groups is 1. The zero-order chi connectivity index (χ0) is 17.2. The Labute approximate surface area is 144 Å². The van der Waals surface area contributed by atoms with Crippen LogP contribution in [0.3, 0.4) is 0 Å². The molecule has 0 bridgehead atoms. The molecule has 0 aromatic heterocycles. The van der Waals surface area contributed by atoms with E-state index in [0.717, 1.165) is 4.74 Å². The molecule has 0 unspecified atom stereocenters. The normalized spacial score (nSPS) is 20.6. The van der Waals surface area contributed by atoms with Gasteiger partial charge in [0.15, 0.2) is 6.21 Å². The largest absolute Gasteiger partial charge is 0.622 e. The summed E-state index contributed by atoms with van der Waals surface area (Å²) in [6.45, 7) is 8.13. The van der Waals surface area contributed by atoms with Gasteiger partial charge >= 0.3 is 0 Å². The first-order valence-electron chi connectivity index (χ1n) is 6.91. The van der Waals surface area contributed by atoms with Crippen LogP contribution in [0.4, 0.5) is 5.69 Å². The average molecular weight is 351 g/mol. The fraction of sp³-hybridized carbons (Fsp3) is 0.333. The molecule has 1 aromatic carbocycles. The predicted octanol–water partition coefficient (Wildman–Crippen LogP) is 3.15. The quantitative estimate of drug-likeness (QED) is 0.154. The number of hydrogen-bond donors (Lipinski definition) is 0. The highest BCUT2D eigenvalue weighted by Gasteiger charge is 2.49. The number of hydroxylamine groups is 1. The maximum absolute atomic E-state index is 12.7. The standard InChI is InChI=1S/C15H17N3O3S2/c1-4-9-16-13(15(2,3)23-14(16)22)17(19)10-11-5-7-12(8-6-11)18(20)21/h4-8,10,13H,1,9H2,2-3H3/b17-10-/t13-/m1/s1. The third-order valence-corrected chi connectivity index (χ3v) is 5.08. The van der Waals surface area contributed by atoms with Crippen molar-refractivity contribution in [2.24, 2.45) is 0 Å². The van der Waals surface area contributed by atoms with Gasteiger partial charge in [-0.3, -0.25) is 15.0 Å². The first-order valence-corrected chi connectivity index (χ1v) is 8.14. The summed E-state index contributed by atoms with van der Waals surface area (Å²) in [5.74, 6) is 0. The van der Waals surface area contributed by atoms with E-state index < -0.39 is 11.1 Å². The van der Waals surface area contributed by atoms with Gasteiger partial charge in [-0.1, -0.05) is 30.1 Å². The van der Waals surface area contributed by atoms with Crippen molar-refractivity contribution in [2.75, 3.05) is 6.54 Å². The van der Waals surface area contributed by atoms with Crippen molar-refractivity contribution in [3.05, 3.63) is 57.8 Å². The summed E-state index contributed by atoms with van der Waals surface area (Å²) >= 11 is 6.83. The Morgan fingerprint density at radius 1 is 1.39 bits per heavy atom. The molecule has 1 heterocycles. The van der Waals surface area contributed by atoms with Crippen LogP contribution in [-0.4, -0.2) is 42.6 Å². The maximum atomic E-state index is 12.7. The molecule has 0 radical (unpaired) electrons. The summed E-state index contributed by atoms with van der Waals surface area (Å²) in [5.41, 5.74) is 0.591. The van der Waals surface area contributed by atoms with Crippen molar-refractivity contribution in [1.29, 1.82) is 0 Å². The summed E-state index contributed by atoms with van der Waals surface area (Å²) in [5, 5.41) is 23.3. The van der Waals surface area contributed by atoms with Gasteiger partial charge in [0.1, 0.15) is 9.07 Å². The first kappa shape index (κ1) is 17.4. The molecule has 0 spiro atoms.